The molecule has 0 radical (unpaired) electrons. The van der Waals surface area contributed by atoms with E-state index in [9.17, 15) is 4.79 Å². The fourth-order valence-electron chi connectivity index (χ4n) is 1.85. The Hall–Kier alpha value is -0.770. The molecule has 1 saturated carbocycles. The lowest BCUT2D eigenvalue weighted by Gasteiger charge is -2.16. The van der Waals surface area contributed by atoms with Crippen molar-refractivity contribution in [2.45, 2.75) is 19.3 Å². The van der Waals surface area contributed by atoms with Gasteiger partial charge in [0.25, 0.3) is 0 Å². The van der Waals surface area contributed by atoms with Crippen molar-refractivity contribution in [3.63, 3.8) is 0 Å². The average Bonchev–Trinajstić information content (AvgIpc) is 2.47. The third kappa shape index (κ3) is 2.37. The van der Waals surface area contributed by atoms with Gasteiger partial charge in [0.05, 0.1) is 0 Å². The van der Waals surface area contributed by atoms with Gasteiger partial charge in [-0.15, -0.1) is 0 Å². The fraction of sp³-hybridized carbons (Fsp3) is 0.875. The maximum absolute atomic E-state index is 10.4. The van der Waals surface area contributed by atoms with E-state index >= 15 is 0 Å². The van der Waals surface area contributed by atoms with Crippen molar-refractivity contribution in [3.8, 4) is 0 Å². The molecule has 1 rings (SSSR count). The number of hydrogen-bond acceptors (Lipinski definition) is 2. The Balaban J connectivity index is 2.26. The molecule has 12 heavy (non-hydrogen) atoms. The summed E-state index contributed by atoms with van der Waals surface area (Å²) in [5.74, 6) is 0.777. The Bertz CT molecular complexity index is 161. The quantitative estimate of drug-likeness (QED) is 0.563. The predicted octanol–water partition coefficient (Wildman–Crippen LogP) is 0.0633. The Labute approximate surface area is 72.1 Å². The molecule has 0 aromatic heterocycles. The van der Waals surface area contributed by atoms with Crippen LogP contribution in [0.5, 0.6) is 0 Å². The van der Waals surface area contributed by atoms with Gasteiger partial charge in [0.1, 0.15) is 0 Å². The second kappa shape index (κ2) is 4.30. The lowest BCUT2D eigenvalue weighted by molar-refractivity contribution is 0.191. The summed E-state index contributed by atoms with van der Waals surface area (Å²) in [7, 11) is 0. The monoisotopic (exact) mass is 172 g/mol. The largest absolute Gasteiger partial charge is 0.396 e. The molecule has 4 heteroatoms. The molecule has 70 valence electrons. The number of rotatable bonds is 3. The van der Waals surface area contributed by atoms with E-state index in [1.807, 2.05) is 0 Å². The summed E-state index contributed by atoms with van der Waals surface area (Å²) in [6.45, 7) is 0.839. The molecule has 4 nitrogen and oxygen atoms in total. The van der Waals surface area contributed by atoms with Crippen LogP contribution in [0, 0.1) is 11.8 Å². The van der Waals surface area contributed by atoms with Crippen molar-refractivity contribution >= 4 is 6.03 Å². The number of nitrogens with one attached hydrogen (secondary N) is 1. The number of aliphatic hydroxyl groups excluding tert-OH is 1. The van der Waals surface area contributed by atoms with Crippen molar-refractivity contribution in [2.24, 2.45) is 17.6 Å². The molecule has 2 amide bonds. The van der Waals surface area contributed by atoms with Gasteiger partial charge in [0.2, 0.25) is 0 Å². The van der Waals surface area contributed by atoms with E-state index < -0.39 is 6.03 Å². The lowest BCUT2D eigenvalue weighted by atomic mass is 9.97. The van der Waals surface area contributed by atoms with Crippen LogP contribution in [0.1, 0.15) is 19.3 Å². The fourth-order valence-corrected chi connectivity index (χ4v) is 1.85. The van der Waals surface area contributed by atoms with Gasteiger partial charge in [0, 0.05) is 13.2 Å². The second-order valence-electron chi connectivity index (χ2n) is 3.38. The first-order chi connectivity index (χ1) is 5.74. The smallest absolute Gasteiger partial charge is 0.312 e. The van der Waals surface area contributed by atoms with Crippen LogP contribution in [0.3, 0.4) is 0 Å². The van der Waals surface area contributed by atoms with Gasteiger partial charge in [-0.1, -0.05) is 6.42 Å². The minimum atomic E-state index is -0.474. The highest BCUT2D eigenvalue weighted by Crippen LogP contribution is 2.30. The molecule has 0 aromatic carbocycles. The first-order valence-corrected chi connectivity index (χ1v) is 4.38. The summed E-state index contributed by atoms with van der Waals surface area (Å²) in [4.78, 5) is 10.4. The molecule has 0 saturated heterocycles. The topological polar surface area (TPSA) is 75.4 Å². The lowest BCUT2D eigenvalue weighted by Crippen LogP contribution is -2.35. The summed E-state index contributed by atoms with van der Waals surface area (Å²) in [6, 6.07) is -0.474. The van der Waals surface area contributed by atoms with E-state index in [0.29, 0.717) is 18.4 Å². The number of nitrogens with two attached hydrogens (primary N) is 1. The van der Waals surface area contributed by atoms with E-state index in [-0.39, 0.29) is 6.61 Å². The molecule has 0 heterocycles. The second-order valence-corrected chi connectivity index (χ2v) is 3.38. The van der Waals surface area contributed by atoms with Crippen LogP contribution in [-0.2, 0) is 0 Å². The number of carbonyl (C=O) groups excluding carboxylic acids is 1. The van der Waals surface area contributed by atoms with Crippen LogP contribution in [0.15, 0.2) is 0 Å². The highest BCUT2D eigenvalue weighted by Gasteiger charge is 2.26. The molecule has 1 fully saturated rings. The van der Waals surface area contributed by atoms with Gasteiger partial charge in [-0.2, -0.15) is 0 Å². The highest BCUT2D eigenvalue weighted by atomic mass is 16.3. The summed E-state index contributed by atoms with van der Waals surface area (Å²) in [6.07, 6.45) is 3.31. The van der Waals surface area contributed by atoms with E-state index in [0.717, 1.165) is 19.3 Å². The number of primary amides is 1. The van der Waals surface area contributed by atoms with Crippen LogP contribution < -0.4 is 11.1 Å². The molecule has 0 aliphatic heterocycles. The summed E-state index contributed by atoms with van der Waals surface area (Å²) in [5.41, 5.74) is 4.94. The molecule has 1 aliphatic rings. The van der Waals surface area contributed by atoms with Crippen LogP contribution in [0.25, 0.3) is 0 Å². The van der Waals surface area contributed by atoms with E-state index in [1.54, 1.807) is 0 Å². The number of amides is 2. The highest BCUT2D eigenvalue weighted by molar-refractivity contribution is 5.71. The Morgan fingerprint density at radius 2 is 2.17 bits per heavy atom. The van der Waals surface area contributed by atoms with Gasteiger partial charge >= 0.3 is 6.03 Å². The van der Waals surface area contributed by atoms with E-state index in [4.69, 9.17) is 10.8 Å². The third-order valence-electron chi connectivity index (χ3n) is 2.59. The Morgan fingerprint density at radius 3 is 2.75 bits per heavy atom. The number of hydrogen-bond donors (Lipinski definition) is 3. The van der Waals surface area contributed by atoms with Crippen molar-refractivity contribution in [1.82, 2.24) is 5.32 Å². The normalized spacial score (nSPS) is 28.8. The SMILES string of the molecule is NC(=O)NCC1CCCC1CO. The standard InChI is InChI=1S/C8H16N2O2/c9-8(12)10-4-6-2-1-3-7(6)5-11/h6-7,11H,1-5H2,(H3,9,10,12). The van der Waals surface area contributed by atoms with Gasteiger partial charge in [-0.3, -0.25) is 0 Å². The maximum atomic E-state index is 10.4. The zero-order chi connectivity index (χ0) is 8.97. The molecule has 2 unspecified atom stereocenters. The summed E-state index contributed by atoms with van der Waals surface area (Å²) >= 11 is 0. The first-order valence-electron chi connectivity index (χ1n) is 4.38. The molecule has 0 spiro atoms. The van der Waals surface area contributed by atoms with Gasteiger partial charge in [-0.05, 0) is 24.7 Å². The molecule has 1 aliphatic carbocycles. The van der Waals surface area contributed by atoms with Gasteiger partial charge < -0.3 is 16.2 Å². The van der Waals surface area contributed by atoms with E-state index in [1.165, 1.54) is 0 Å². The van der Waals surface area contributed by atoms with Crippen molar-refractivity contribution in [1.29, 1.82) is 0 Å². The molecule has 4 N–H and O–H groups in total. The minimum absolute atomic E-state index is 0.227. The van der Waals surface area contributed by atoms with Crippen molar-refractivity contribution in [3.05, 3.63) is 0 Å². The van der Waals surface area contributed by atoms with Crippen LogP contribution >= 0.6 is 0 Å². The van der Waals surface area contributed by atoms with Crippen LogP contribution in [0.2, 0.25) is 0 Å². The van der Waals surface area contributed by atoms with Gasteiger partial charge in [0.15, 0.2) is 0 Å². The summed E-state index contributed by atoms with van der Waals surface area (Å²) in [5, 5.41) is 11.5. The van der Waals surface area contributed by atoms with Crippen molar-refractivity contribution < 1.29 is 9.90 Å². The third-order valence-corrected chi connectivity index (χ3v) is 2.59. The summed E-state index contributed by atoms with van der Waals surface area (Å²) < 4.78 is 0. The molecular weight excluding hydrogens is 156 g/mol. The predicted molar refractivity (Wildman–Crippen MR) is 45.5 cm³/mol. The van der Waals surface area contributed by atoms with E-state index in [2.05, 4.69) is 5.32 Å². The zero-order valence-corrected chi connectivity index (χ0v) is 7.12. The van der Waals surface area contributed by atoms with Crippen molar-refractivity contribution in [2.75, 3.05) is 13.2 Å². The molecule has 0 aromatic rings. The molecule has 0 bridgehead atoms. The Kier molecular flexibility index (Phi) is 3.34. The average molecular weight is 172 g/mol. The minimum Gasteiger partial charge on any atom is -0.396 e. The van der Waals surface area contributed by atoms with Crippen LogP contribution in [-0.4, -0.2) is 24.3 Å². The zero-order valence-electron chi connectivity index (χ0n) is 7.12. The maximum Gasteiger partial charge on any atom is 0.312 e. The molecular formula is C8H16N2O2. The molecule has 2 atom stereocenters. The Morgan fingerprint density at radius 1 is 1.50 bits per heavy atom. The number of urea groups is 1. The van der Waals surface area contributed by atoms with Crippen LogP contribution in [0.4, 0.5) is 4.79 Å². The first kappa shape index (κ1) is 9.32. The number of aliphatic hydroxyl groups is 1. The van der Waals surface area contributed by atoms with Gasteiger partial charge in [-0.25, -0.2) is 4.79 Å². The number of carbonyl (C=O) groups is 1.